The van der Waals surface area contributed by atoms with Crippen molar-refractivity contribution in [3.63, 3.8) is 0 Å². The lowest BCUT2D eigenvalue weighted by Crippen LogP contribution is -2.43. The second kappa shape index (κ2) is 9.33. The molecule has 2 amide bonds. The second-order valence-corrected chi connectivity index (χ2v) is 8.84. The van der Waals surface area contributed by atoms with E-state index in [4.69, 9.17) is 9.47 Å². The van der Waals surface area contributed by atoms with E-state index in [2.05, 4.69) is 0 Å². The van der Waals surface area contributed by atoms with Crippen LogP contribution in [0.1, 0.15) is 51.3 Å². The molecule has 164 valence electrons. The van der Waals surface area contributed by atoms with Crippen LogP contribution >= 0.6 is 0 Å². The second-order valence-electron chi connectivity index (χ2n) is 8.84. The highest BCUT2D eigenvalue weighted by molar-refractivity contribution is 5.96. The molecule has 6 heteroatoms. The van der Waals surface area contributed by atoms with Crippen molar-refractivity contribution in [2.24, 2.45) is 5.92 Å². The third-order valence-electron chi connectivity index (χ3n) is 5.14. The summed E-state index contributed by atoms with van der Waals surface area (Å²) in [6.07, 6.45) is -1.02. The Balaban J connectivity index is 1.82. The zero-order valence-electron chi connectivity index (χ0n) is 18.4. The van der Waals surface area contributed by atoms with Gasteiger partial charge in [0, 0.05) is 0 Å². The normalized spacial score (nSPS) is 19.6. The van der Waals surface area contributed by atoms with Gasteiger partial charge in [0.1, 0.15) is 11.7 Å². The number of carbonyl (C=O) groups is 3. The lowest BCUT2D eigenvalue weighted by Gasteiger charge is -2.26. The molecular weight excluding hydrogens is 394 g/mol. The first kappa shape index (κ1) is 22.5. The summed E-state index contributed by atoms with van der Waals surface area (Å²) in [6.45, 7) is 7.13. The van der Waals surface area contributed by atoms with E-state index in [0.29, 0.717) is 6.42 Å². The monoisotopic (exact) mass is 423 g/mol. The molecule has 1 aliphatic rings. The zero-order valence-corrected chi connectivity index (χ0v) is 18.4. The first-order valence-corrected chi connectivity index (χ1v) is 10.5. The molecule has 0 spiro atoms. The lowest BCUT2D eigenvalue weighted by atomic mass is 9.93. The van der Waals surface area contributed by atoms with Gasteiger partial charge in [-0.25, -0.2) is 9.69 Å². The van der Waals surface area contributed by atoms with Crippen molar-refractivity contribution < 1.29 is 23.9 Å². The topological polar surface area (TPSA) is 72.9 Å². The Morgan fingerprint density at radius 3 is 2.19 bits per heavy atom. The van der Waals surface area contributed by atoms with E-state index < -0.39 is 41.6 Å². The van der Waals surface area contributed by atoms with Crippen LogP contribution in [-0.2, 0) is 25.5 Å². The molecule has 0 unspecified atom stereocenters. The standard InChI is InChI=1S/C25H29NO5/c1-17-22(19-13-9-6-10-14-19)30-24(29)26(17)23(28)20(15-18-11-7-5-8-12-18)16-21(27)31-25(2,3)4/h5-14,17,20,22H,15-16H2,1-4H3/t17-,20+,22-/m1/s1. The average molecular weight is 424 g/mol. The maximum Gasteiger partial charge on any atom is 0.417 e. The summed E-state index contributed by atoms with van der Waals surface area (Å²) in [4.78, 5) is 39.8. The van der Waals surface area contributed by atoms with Crippen molar-refractivity contribution in [2.45, 2.75) is 58.3 Å². The molecule has 31 heavy (non-hydrogen) atoms. The quantitative estimate of drug-likeness (QED) is 0.631. The Hall–Kier alpha value is -3.15. The highest BCUT2D eigenvalue weighted by Gasteiger charge is 2.45. The number of carbonyl (C=O) groups excluding carboxylic acids is 3. The van der Waals surface area contributed by atoms with Crippen LogP contribution < -0.4 is 0 Å². The van der Waals surface area contributed by atoms with E-state index in [1.807, 2.05) is 60.7 Å². The summed E-state index contributed by atoms with van der Waals surface area (Å²) in [5.41, 5.74) is 1.07. The number of imide groups is 1. The molecule has 2 aromatic rings. The summed E-state index contributed by atoms with van der Waals surface area (Å²) in [5.74, 6) is -1.63. The van der Waals surface area contributed by atoms with Gasteiger partial charge in [0.2, 0.25) is 5.91 Å². The Morgan fingerprint density at radius 1 is 1.03 bits per heavy atom. The molecule has 2 aromatic carbocycles. The Morgan fingerprint density at radius 2 is 1.61 bits per heavy atom. The van der Waals surface area contributed by atoms with Crippen LogP contribution in [0.4, 0.5) is 4.79 Å². The number of cyclic esters (lactones) is 1. The minimum atomic E-state index is -0.734. The van der Waals surface area contributed by atoms with E-state index in [9.17, 15) is 14.4 Å². The third kappa shape index (κ3) is 5.72. The van der Waals surface area contributed by atoms with Gasteiger partial charge >= 0.3 is 12.1 Å². The smallest absolute Gasteiger partial charge is 0.417 e. The molecule has 1 saturated heterocycles. The van der Waals surface area contributed by atoms with E-state index in [-0.39, 0.29) is 6.42 Å². The first-order chi connectivity index (χ1) is 14.7. The van der Waals surface area contributed by atoms with Crippen molar-refractivity contribution in [1.29, 1.82) is 0 Å². The maximum absolute atomic E-state index is 13.5. The summed E-state index contributed by atoms with van der Waals surface area (Å²) in [5, 5.41) is 0. The van der Waals surface area contributed by atoms with Crippen LogP contribution in [0.3, 0.4) is 0 Å². The fourth-order valence-corrected chi connectivity index (χ4v) is 3.77. The van der Waals surface area contributed by atoms with Gasteiger partial charge in [-0.3, -0.25) is 9.59 Å². The van der Waals surface area contributed by atoms with Gasteiger partial charge in [0.15, 0.2) is 0 Å². The van der Waals surface area contributed by atoms with Gasteiger partial charge in [-0.15, -0.1) is 0 Å². The Bertz CT molecular complexity index is 920. The molecule has 0 radical (unpaired) electrons. The number of ether oxygens (including phenoxy) is 2. The number of nitrogens with zero attached hydrogens (tertiary/aromatic N) is 1. The summed E-state index contributed by atoms with van der Waals surface area (Å²) < 4.78 is 11.0. The average Bonchev–Trinajstić information content (AvgIpc) is 3.01. The molecule has 0 aromatic heterocycles. The van der Waals surface area contributed by atoms with Crippen molar-refractivity contribution in [3.05, 3.63) is 71.8 Å². The largest absolute Gasteiger partial charge is 0.460 e. The van der Waals surface area contributed by atoms with Crippen LogP contribution in [-0.4, -0.2) is 34.5 Å². The fraction of sp³-hybridized carbons (Fsp3) is 0.400. The summed E-state index contributed by atoms with van der Waals surface area (Å²) in [7, 11) is 0. The van der Waals surface area contributed by atoms with E-state index in [1.165, 1.54) is 0 Å². The van der Waals surface area contributed by atoms with Gasteiger partial charge in [0.05, 0.1) is 18.4 Å². The van der Waals surface area contributed by atoms with Gasteiger partial charge in [0.25, 0.3) is 0 Å². The minimum absolute atomic E-state index is 0.114. The predicted molar refractivity (Wildman–Crippen MR) is 116 cm³/mol. The number of hydrogen-bond donors (Lipinski definition) is 0. The van der Waals surface area contributed by atoms with Crippen LogP contribution in [0.15, 0.2) is 60.7 Å². The minimum Gasteiger partial charge on any atom is -0.460 e. The zero-order chi connectivity index (χ0) is 22.6. The third-order valence-corrected chi connectivity index (χ3v) is 5.14. The predicted octanol–water partition coefficient (Wildman–Crippen LogP) is 4.69. The number of benzene rings is 2. The maximum atomic E-state index is 13.5. The molecule has 6 nitrogen and oxygen atoms in total. The Labute approximate surface area is 183 Å². The van der Waals surface area contributed by atoms with Crippen LogP contribution in [0, 0.1) is 5.92 Å². The first-order valence-electron chi connectivity index (χ1n) is 10.5. The summed E-state index contributed by atoms with van der Waals surface area (Å²) in [6, 6.07) is 18.3. The van der Waals surface area contributed by atoms with Crippen molar-refractivity contribution in [1.82, 2.24) is 4.90 Å². The molecule has 0 bridgehead atoms. The highest BCUT2D eigenvalue weighted by atomic mass is 16.6. The highest BCUT2D eigenvalue weighted by Crippen LogP contribution is 2.34. The number of amides is 2. The van der Waals surface area contributed by atoms with Crippen LogP contribution in [0.25, 0.3) is 0 Å². The molecule has 0 aliphatic carbocycles. The fourth-order valence-electron chi connectivity index (χ4n) is 3.77. The van der Waals surface area contributed by atoms with Gasteiger partial charge in [-0.05, 0) is 45.2 Å². The molecular formula is C25H29NO5. The molecule has 0 N–H and O–H groups in total. The lowest BCUT2D eigenvalue weighted by molar-refractivity contribution is -0.158. The number of hydrogen-bond acceptors (Lipinski definition) is 5. The molecule has 0 saturated carbocycles. The van der Waals surface area contributed by atoms with E-state index in [0.717, 1.165) is 16.0 Å². The SMILES string of the molecule is C[C@@H]1[C@H](c2ccccc2)OC(=O)N1C(=O)[C@H](CC(=O)OC(C)(C)C)Cc1ccccc1. The van der Waals surface area contributed by atoms with E-state index in [1.54, 1.807) is 27.7 Å². The van der Waals surface area contributed by atoms with Gasteiger partial charge in [-0.2, -0.15) is 0 Å². The molecule has 3 atom stereocenters. The summed E-state index contributed by atoms with van der Waals surface area (Å²) >= 11 is 0. The van der Waals surface area contributed by atoms with Crippen molar-refractivity contribution >= 4 is 18.0 Å². The van der Waals surface area contributed by atoms with Crippen LogP contribution in [0.2, 0.25) is 0 Å². The number of rotatable bonds is 6. The van der Waals surface area contributed by atoms with Crippen LogP contribution in [0.5, 0.6) is 0 Å². The Kier molecular flexibility index (Phi) is 6.78. The molecule has 3 rings (SSSR count). The van der Waals surface area contributed by atoms with E-state index >= 15 is 0 Å². The molecule has 1 fully saturated rings. The van der Waals surface area contributed by atoms with Crippen molar-refractivity contribution in [2.75, 3.05) is 0 Å². The van der Waals surface area contributed by atoms with Gasteiger partial charge in [-0.1, -0.05) is 60.7 Å². The molecule has 1 aliphatic heterocycles. The number of esters is 1. The molecule has 1 heterocycles. The van der Waals surface area contributed by atoms with Crippen molar-refractivity contribution in [3.8, 4) is 0 Å². The van der Waals surface area contributed by atoms with Gasteiger partial charge < -0.3 is 9.47 Å².